The Labute approximate surface area is 87.6 Å². The monoisotopic (exact) mass is 268 g/mol. The van der Waals surface area contributed by atoms with Gasteiger partial charge in [-0.2, -0.15) is 4.55 Å². The lowest BCUT2D eigenvalue weighted by atomic mass is 10.5. The number of rotatable bonds is 2. The normalized spacial score (nSPS) is 13.0. The van der Waals surface area contributed by atoms with Gasteiger partial charge in [-0.05, 0) is 22.9 Å². The highest BCUT2D eigenvalue weighted by Gasteiger charge is 2.21. The van der Waals surface area contributed by atoms with E-state index in [-0.39, 0.29) is 0 Å². The SMILES string of the molecule is CC[S+](O)c1cc(Br)cnc1Cl. The Kier molecular flexibility index (Phi) is 3.83. The van der Waals surface area contributed by atoms with Gasteiger partial charge in [0.25, 0.3) is 0 Å². The second-order valence-corrected chi connectivity index (χ2v) is 5.12. The van der Waals surface area contributed by atoms with Gasteiger partial charge in [0.1, 0.15) is 5.75 Å². The summed E-state index contributed by atoms with van der Waals surface area (Å²) in [4.78, 5) is 4.62. The van der Waals surface area contributed by atoms with E-state index in [0.717, 1.165) is 4.47 Å². The molecule has 0 radical (unpaired) electrons. The first kappa shape index (κ1) is 10.3. The quantitative estimate of drug-likeness (QED) is 0.661. The van der Waals surface area contributed by atoms with Crippen molar-refractivity contribution in [1.29, 1.82) is 0 Å². The molecule has 1 aromatic heterocycles. The molecule has 1 rings (SSSR count). The minimum Gasteiger partial charge on any atom is -0.238 e. The molecule has 0 saturated carbocycles. The summed E-state index contributed by atoms with van der Waals surface area (Å²) in [6.07, 6.45) is 1.61. The number of hydrogen-bond donors (Lipinski definition) is 1. The molecule has 12 heavy (non-hydrogen) atoms. The summed E-state index contributed by atoms with van der Waals surface area (Å²) in [6.45, 7) is 1.90. The van der Waals surface area contributed by atoms with E-state index in [1.807, 2.05) is 6.92 Å². The smallest absolute Gasteiger partial charge is 0.228 e. The predicted octanol–water partition coefficient (Wildman–Crippen LogP) is 2.97. The molecule has 1 aromatic rings. The maximum Gasteiger partial charge on any atom is 0.228 e. The summed E-state index contributed by atoms with van der Waals surface area (Å²) in [7, 11) is 0. The minimum atomic E-state index is -0.787. The highest BCUT2D eigenvalue weighted by molar-refractivity contribution is 9.10. The Hall–Kier alpha value is 0.230. The van der Waals surface area contributed by atoms with E-state index in [2.05, 4.69) is 20.9 Å². The molecule has 1 heterocycles. The lowest BCUT2D eigenvalue weighted by Gasteiger charge is -1.98. The zero-order chi connectivity index (χ0) is 9.14. The van der Waals surface area contributed by atoms with E-state index in [9.17, 15) is 4.55 Å². The topological polar surface area (TPSA) is 33.1 Å². The van der Waals surface area contributed by atoms with E-state index in [0.29, 0.717) is 15.8 Å². The molecular formula is C7H8BrClNOS+. The van der Waals surface area contributed by atoms with Crippen LogP contribution in [0.3, 0.4) is 0 Å². The zero-order valence-electron chi connectivity index (χ0n) is 6.42. The van der Waals surface area contributed by atoms with E-state index in [1.165, 1.54) is 0 Å². The van der Waals surface area contributed by atoms with Crippen molar-refractivity contribution in [2.24, 2.45) is 0 Å². The molecule has 0 amide bonds. The van der Waals surface area contributed by atoms with E-state index >= 15 is 0 Å². The van der Waals surface area contributed by atoms with Crippen LogP contribution in [0.4, 0.5) is 0 Å². The largest absolute Gasteiger partial charge is 0.238 e. The van der Waals surface area contributed by atoms with Crippen molar-refractivity contribution < 1.29 is 4.55 Å². The van der Waals surface area contributed by atoms with Crippen LogP contribution in [-0.4, -0.2) is 15.3 Å². The standard InChI is InChI=1S/C7H8BrClNOS/c1-2-12(11)6-3-5(8)4-10-7(6)9/h3-4,11H,2H2,1H3/q+1. The summed E-state index contributed by atoms with van der Waals surface area (Å²) >= 11 is 8.26. The second-order valence-electron chi connectivity index (χ2n) is 2.10. The van der Waals surface area contributed by atoms with Crippen LogP contribution in [0.5, 0.6) is 0 Å². The average molecular weight is 270 g/mol. The predicted molar refractivity (Wildman–Crippen MR) is 55.7 cm³/mol. The Morgan fingerprint density at radius 2 is 2.42 bits per heavy atom. The maximum absolute atomic E-state index is 9.52. The lowest BCUT2D eigenvalue weighted by Crippen LogP contribution is -2.04. The Balaban J connectivity index is 3.04. The molecule has 0 fully saturated rings. The van der Waals surface area contributed by atoms with Gasteiger partial charge in [-0.25, -0.2) is 4.98 Å². The van der Waals surface area contributed by atoms with Gasteiger partial charge in [-0.15, -0.1) is 0 Å². The van der Waals surface area contributed by atoms with Crippen LogP contribution in [0.15, 0.2) is 21.6 Å². The van der Waals surface area contributed by atoms with Crippen LogP contribution < -0.4 is 0 Å². The van der Waals surface area contributed by atoms with Crippen molar-refractivity contribution in [1.82, 2.24) is 4.98 Å². The van der Waals surface area contributed by atoms with Gasteiger partial charge in [0.05, 0.1) is 0 Å². The van der Waals surface area contributed by atoms with Crippen molar-refractivity contribution >= 4 is 38.7 Å². The molecule has 0 aliphatic rings. The minimum absolute atomic E-state index is 0.380. The third kappa shape index (κ3) is 2.36. The molecule has 0 saturated heterocycles. The molecule has 0 aliphatic heterocycles. The Bertz CT molecular complexity index is 284. The number of hydrogen-bond acceptors (Lipinski definition) is 2. The zero-order valence-corrected chi connectivity index (χ0v) is 9.58. The van der Waals surface area contributed by atoms with Crippen molar-refractivity contribution in [2.45, 2.75) is 11.8 Å². The van der Waals surface area contributed by atoms with E-state index in [4.69, 9.17) is 11.6 Å². The summed E-state index contributed by atoms with van der Waals surface area (Å²) < 4.78 is 10.4. The second kappa shape index (κ2) is 4.46. The molecule has 66 valence electrons. The van der Waals surface area contributed by atoms with Crippen molar-refractivity contribution in [3.63, 3.8) is 0 Å². The van der Waals surface area contributed by atoms with Gasteiger partial charge in [-0.3, -0.25) is 0 Å². The lowest BCUT2D eigenvalue weighted by molar-refractivity contribution is 0.639. The van der Waals surface area contributed by atoms with Crippen LogP contribution >= 0.6 is 27.5 Å². The third-order valence-corrected chi connectivity index (χ3v) is 3.51. The van der Waals surface area contributed by atoms with Gasteiger partial charge < -0.3 is 0 Å². The summed E-state index contributed by atoms with van der Waals surface area (Å²) in [5.41, 5.74) is 0. The van der Waals surface area contributed by atoms with Gasteiger partial charge in [0, 0.05) is 16.7 Å². The fourth-order valence-electron chi connectivity index (χ4n) is 0.725. The molecular weight excluding hydrogens is 262 g/mol. The molecule has 0 spiro atoms. The molecule has 5 heteroatoms. The molecule has 2 nitrogen and oxygen atoms in total. The fourth-order valence-corrected chi connectivity index (χ4v) is 2.40. The summed E-state index contributed by atoms with van der Waals surface area (Å²) in [6, 6.07) is 1.79. The first-order valence-corrected chi connectivity index (χ1v) is 5.88. The number of aromatic nitrogens is 1. The third-order valence-electron chi connectivity index (χ3n) is 1.30. The molecule has 1 N–H and O–H groups in total. The summed E-state index contributed by atoms with van der Waals surface area (Å²) in [5, 5.41) is 0.380. The van der Waals surface area contributed by atoms with Gasteiger partial charge >= 0.3 is 0 Å². The fraction of sp³-hybridized carbons (Fsp3) is 0.286. The molecule has 1 unspecified atom stereocenters. The van der Waals surface area contributed by atoms with Crippen LogP contribution in [0.1, 0.15) is 6.92 Å². The highest BCUT2D eigenvalue weighted by atomic mass is 79.9. The van der Waals surface area contributed by atoms with Crippen LogP contribution in [0.2, 0.25) is 5.15 Å². The molecule has 0 aliphatic carbocycles. The number of halogens is 2. The molecule has 0 bridgehead atoms. The van der Waals surface area contributed by atoms with Gasteiger partial charge in [0.15, 0.2) is 16.3 Å². The highest BCUT2D eigenvalue weighted by Crippen LogP contribution is 2.23. The van der Waals surface area contributed by atoms with E-state index in [1.54, 1.807) is 12.3 Å². The maximum atomic E-state index is 9.52. The van der Waals surface area contributed by atoms with Crippen LogP contribution in [0.25, 0.3) is 0 Å². The van der Waals surface area contributed by atoms with Gasteiger partial charge in [-0.1, -0.05) is 11.6 Å². The van der Waals surface area contributed by atoms with Gasteiger partial charge in [0.2, 0.25) is 4.90 Å². The Morgan fingerprint density at radius 3 is 3.00 bits per heavy atom. The van der Waals surface area contributed by atoms with E-state index < -0.39 is 11.2 Å². The van der Waals surface area contributed by atoms with Crippen LogP contribution in [-0.2, 0) is 11.2 Å². The molecule has 0 aromatic carbocycles. The molecule has 1 atom stereocenters. The number of nitrogens with zero attached hydrogens (tertiary/aromatic N) is 1. The average Bonchev–Trinajstić information content (AvgIpc) is 2.08. The van der Waals surface area contributed by atoms with Crippen molar-refractivity contribution in [3.8, 4) is 0 Å². The summed E-state index contributed by atoms with van der Waals surface area (Å²) in [5.74, 6) is 0.665. The van der Waals surface area contributed by atoms with Crippen molar-refractivity contribution in [2.75, 3.05) is 5.75 Å². The van der Waals surface area contributed by atoms with Crippen LogP contribution in [0, 0.1) is 0 Å². The van der Waals surface area contributed by atoms with Crippen molar-refractivity contribution in [3.05, 3.63) is 21.9 Å². The number of pyridine rings is 1. The first-order chi connectivity index (χ1) is 5.65. The first-order valence-electron chi connectivity index (χ1n) is 3.36. The Morgan fingerprint density at radius 1 is 1.75 bits per heavy atom.